The Bertz CT molecular complexity index is 583. The van der Waals surface area contributed by atoms with Crippen molar-refractivity contribution in [3.05, 3.63) is 10.9 Å². The van der Waals surface area contributed by atoms with Crippen LogP contribution in [0.2, 0.25) is 0 Å². The summed E-state index contributed by atoms with van der Waals surface area (Å²) in [5.74, 6) is 6.51. The number of nitrogen functional groups attached to an aromatic ring is 1. The van der Waals surface area contributed by atoms with Crippen LogP contribution < -0.4 is 16.6 Å². The van der Waals surface area contributed by atoms with Crippen LogP contribution in [0.25, 0.3) is 10.2 Å². The van der Waals surface area contributed by atoms with Crippen LogP contribution in [-0.2, 0) is 11.2 Å². The Kier molecular flexibility index (Phi) is 5.68. The summed E-state index contributed by atoms with van der Waals surface area (Å²) in [6.07, 6.45) is 1.53. The minimum Gasteiger partial charge on any atom is -0.396 e. The van der Waals surface area contributed by atoms with E-state index in [2.05, 4.69) is 33.7 Å². The van der Waals surface area contributed by atoms with Gasteiger partial charge in [-0.05, 0) is 18.9 Å². The highest BCUT2D eigenvalue weighted by molar-refractivity contribution is 7.18. The van der Waals surface area contributed by atoms with E-state index in [-0.39, 0.29) is 12.6 Å². The highest BCUT2D eigenvalue weighted by Gasteiger charge is 2.15. The van der Waals surface area contributed by atoms with Gasteiger partial charge in [0.15, 0.2) is 0 Å². The summed E-state index contributed by atoms with van der Waals surface area (Å²) in [6, 6.07) is 2.07. The van der Waals surface area contributed by atoms with Crippen molar-refractivity contribution in [3.8, 4) is 0 Å². The Balaban J connectivity index is 2.37. The highest BCUT2D eigenvalue weighted by atomic mass is 32.1. The number of methoxy groups -OCH3 is 1. The van der Waals surface area contributed by atoms with Crippen molar-refractivity contribution in [2.45, 2.75) is 25.8 Å². The lowest BCUT2D eigenvalue weighted by Gasteiger charge is -2.18. The van der Waals surface area contributed by atoms with Gasteiger partial charge >= 0.3 is 0 Å². The Morgan fingerprint density at radius 3 is 2.90 bits per heavy atom. The van der Waals surface area contributed by atoms with Gasteiger partial charge in [0, 0.05) is 18.6 Å². The minimum atomic E-state index is -0.0197. The molecule has 2 aromatic heterocycles. The second-order valence-electron chi connectivity index (χ2n) is 4.63. The second kappa shape index (κ2) is 7.51. The number of nitrogens with one attached hydrogen (secondary N) is 2. The number of hydrogen-bond donors (Lipinski definition) is 4. The van der Waals surface area contributed by atoms with Gasteiger partial charge in [0.2, 0.25) is 5.95 Å². The van der Waals surface area contributed by atoms with E-state index in [0.29, 0.717) is 24.8 Å². The summed E-state index contributed by atoms with van der Waals surface area (Å²) >= 11 is 1.63. The number of aliphatic hydroxyl groups excluding tert-OH is 1. The molecule has 7 nitrogen and oxygen atoms in total. The molecule has 0 aliphatic carbocycles. The van der Waals surface area contributed by atoms with Crippen LogP contribution >= 0.6 is 11.3 Å². The van der Waals surface area contributed by atoms with Crippen molar-refractivity contribution < 1.29 is 9.84 Å². The van der Waals surface area contributed by atoms with Gasteiger partial charge in [0.25, 0.3) is 0 Å². The Labute approximate surface area is 127 Å². The van der Waals surface area contributed by atoms with Crippen LogP contribution in [0.1, 0.15) is 18.2 Å². The molecule has 0 aliphatic heterocycles. The van der Waals surface area contributed by atoms with Crippen LogP contribution in [0.3, 0.4) is 0 Å². The average molecular weight is 311 g/mol. The molecule has 2 aromatic rings. The maximum Gasteiger partial charge on any atom is 0.240 e. The predicted molar refractivity (Wildman–Crippen MR) is 85.6 cm³/mol. The molecule has 8 heteroatoms. The fourth-order valence-electron chi connectivity index (χ4n) is 2.07. The van der Waals surface area contributed by atoms with E-state index in [4.69, 9.17) is 15.7 Å². The normalized spacial score (nSPS) is 12.6. The highest BCUT2D eigenvalue weighted by Crippen LogP contribution is 2.30. The number of aromatic nitrogens is 2. The standard InChI is InChI=1S/C13H21N5O2S/c1-3-9-6-10-11(15-8(4-5-19)7-20-2)16-13(18-14)17-12(10)21-9/h6,8,19H,3-5,7,14H2,1-2H3,(H2,15,16,17,18). The zero-order chi connectivity index (χ0) is 15.2. The first-order valence-electron chi connectivity index (χ1n) is 6.85. The Hall–Kier alpha value is -1.48. The molecule has 0 spiro atoms. The summed E-state index contributed by atoms with van der Waals surface area (Å²) in [7, 11) is 1.63. The van der Waals surface area contributed by atoms with Crippen LogP contribution in [0.5, 0.6) is 0 Å². The summed E-state index contributed by atoms with van der Waals surface area (Å²) in [4.78, 5) is 10.9. The smallest absolute Gasteiger partial charge is 0.240 e. The van der Waals surface area contributed by atoms with Gasteiger partial charge in [-0.15, -0.1) is 11.3 Å². The molecule has 0 fully saturated rings. The molecule has 1 unspecified atom stereocenters. The molecule has 0 aromatic carbocycles. The zero-order valence-corrected chi connectivity index (χ0v) is 13.0. The number of nitrogens with two attached hydrogens (primary N) is 1. The lowest BCUT2D eigenvalue weighted by molar-refractivity contribution is 0.170. The number of nitrogens with zero attached hydrogens (tertiary/aromatic N) is 2. The van der Waals surface area contributed by atoms with E-state index < -0.39 is 0 Å². The van der Waals surface area contributed by atoms with Crippen molar-refractivity contribution in [2.24, 2.45) is 5.84 Å². The van der Waals surface area contributed by atoms with Crippen LogP contribution in [0, 0.1) is 0 Å². The lowest BCUT2D eigenvalue weighted by atomic mass is 10.2. The lowest BCUT2D eigenvalue weighted by Crippen LogP contribution is -2.27. The SMILES string of the molecule is CCc1cc2c(NC(CCO)COC)nc(NN)nc2s1. The van der Waals surface area contributed by atoms with Crippen molar-refractivity contribution >= 4 is 33.3 Å². The summed E-state index contributed by atoms with van der Waals surface area (Å²) in [6.45, 7) is 2.68. The third kappa shape index (κ3) is 3.79. The molecule has 21 heavy (non-hydrogen) atoms. The van der Waals surface area contributed by atoms with Gasteiger partial charge in [-0.25, -0.2) is 10.8 Å². The van der Waals surface area contributed by atoms with Gasteiger partial charge in [-0.3, -0.25) is 5.43 Å². The molecule has 1 atom stereocenters. The van der Waals surface area contributed by atoms with E-state index in [1.807, 2.05) is 0 Å². The summed E-state index contributed by atoms with van der Waals surface area (Å²) < 4.78 is 5.17. The van der Waals surface area contributed by atoms with Gasteiger partial charge in [0.1, 0.15) is 10.6 Å². The van der Waals surface area contributed by atoms with Crippen LogP contribution in [-0.4, -0.2) is 41.4 Å². The maximum atomic E-state index is 9.14. The molecule has 0 saturated heterocycles. The van der Waals surface area contributed by atoms with E-state index >= 15 is 0 Å². The topological polar surface area (TPSA) is 105 Å². The third-order valence-corrected chi connectivity index (χ3v) is 4.28. The van der Waals surface area contributed by atoms with E-state index in [0.717, 1.165) is 16.6 Å². The summed E-state index contributed by atoms with van der Waals surface area (Å²) in [5.41, 5.74) is 2.49. The number of fused-ring (bicyclic) bond motifs is 1. The molecule has 0 saturated carbocycles. The number of rotatable bonds is 8. The van der Waals surface area contributed by atoms with Crippen molar-refractivity contribution in [1.29, 1.82) is 0 Å². The van der Waals surface area contributed by atoms with Gasteiger partial charge in [0.05, 0.1) is 18.0 Å². The van der Waals surface area contributed by atoms with E-state index in [1.54, 1.807) is 18.4 Å². The first kappa shape index (κ1) is 15.9. The largest absolute Gasteiger partial charge is 0.396 e. The molecule has 2 rings (SSSR count). The average Bonchev–Trinajstić information content (AvgIpc) is 2.91. The monoisotopic (exact) mass is 311 g/mol. The molecule has 5 N–H and O–H groups in total. The van der Waals surface area contributed by atoms with Crippen molar-refractivity contribution in [2.75, 3.05) is 31.1 Å². The van der Waals surface area contributed by atoms with E-state index in [9.17, 15) is 0 Å². The first-order chi connectivity index (χ1) is 10.2. The molecular weight excluding hydrogens is 290 g/mol. The molecule has 0 bridgehead atoms. The molecule has 0 radical (unpaired) electrons. The molecule has 0 amide bonds. The zero-order valence-electron chi connectivity index (χ0n) is 12.2. The quantitative estimate of drug-likeness (QED) is 0.431. The molecule has 2 heterocycles. The molecular formula is C13H21N5O2S. The first-order valence-corrected chi connectivity index (χ1v) is 7.66. The second-order valence-corrected chi connectivity index (χ2v) is 5.75. The molecule has 116 valence electrons. The fourth-order valence-corrected chi connectivity index (χ4v) is 3.03. The Morgan fingerprint density at radius 2 is 2.29 bits per heavy atom. The number of aliphatic hydroxyl groups is 1. The minimum absolute atomic E-state index is 0.0197. The fraction of sp³-hybridized carbons (Fsp3) is 0.538. The van der Waals surface area contributed by atoms with Gasteiger partial charge < -0.3 is 15.2 Å². The number of thiophene rings is 1. The van der Waals surface area contributed by atoms with Crippen molar-refractivity contribution in [1.82, 2.24) is 9.97 Å². The van der Waals surface area contributed by atoms with E-state index in [1.165, 1.54) is 4.88 Å². The van der Waals surface area contributed by atoms with Gasteiger partial charge in [-0.1, -0.05) is 6.92 Å². The van der Waals surface area contributed by atoms with Crippen molar-refractivity contribution in [3.63, 3.8) is 0 Å². The number of hydrogen-bond acceptors (Lipinski definition) is 8. The summed E-state index contributed by atoms with van der Waals surface area (Å²) in [5, 5.41) is 13.4. The predicted octanol–water partition coefficient (Wildman–Crippen LogP) is 1.35. The maximum absolute atomic E-state index is 9.14. The third-order valence-electron chi connectivity index (χ3n) is 3.11. The Morgan fingerprint density at radius 1 is 1.48 bits per heavy atom. The number of ether oxygens (including phenoxy) is 1. The van der Waals surface area contributed by atoms with Crippen LogP contribution in [0.15, 0.2) is 6.07 Å². The number of hydrazine groups is 1. The number of anilines is 2. The number of aryl methyl sites for hydroxylation is 1. The van der Waals surface area contributed by atoms with Gasteiger partial charge in [-0.2, -0.15) is 4.98 Å². The van der Waals surface area contributed by atoms with Crippen LogP contribution in [0.4, 0.5) is 11.8 Å². The molecule has 0 aliphatic rings.